The molecular weight excluding hydrogens is 437 g/mol. The number of benzene rings is 1. The molecule has 1 aliphatic rings. The number of aromatic nitrogens is 2. The van der Waals surface area contributed by atoms with Crippen LogP contribution in [-0.4, -0.2) is 30.6 Å². The van der Waals surface area contributed by atoms with Crippen LogP contribution in [0.2, 0.25) is 0 Å². The fourth-order valence-corrected chi connectivity index (χ4v) is 4.52. The highest BCUT2D eigenvalue weighted by Gasteiger charge is 2.35. The molecule has 31 heavy (non-hydrogen) atoms. The predicted molar refractivity (Wildman–Crippen MR) is 123 cm³/mol. The summed E-state index contributed by atoms with van der Waals surface area (Å²) in [6.45, 7) is 3.89. The van der Waals surface area contributed by atoms with Crippen molar-refractivity contribution in [1.29, 1.82) is 0 Å². The fourth-order valence-electron chi connectivity index (χ4n) is 3.07. The Kier molecular flexibility index (Phi) is 5.88. The van der Waals surface area contributed by atoms with Gasteiger partial charge in [0.25, 0.3) is 11.5 Å². The molecule has 4 rings (SSSR count). The van der Waals surface area contributed by atoms with E-state index in [1.54, 1.807) is 29.3 Å². The lowest BCUT2D eigenvalue weighted by atomic mass is 10.2. The van der Waals surface area contributed by atoms with Gasteiger partial charge in [0, 0.05) is 12.2 Å². The van der Waals surface area contributed by atoms with Gasteiger partial charge in [-0.1, -0.05) is 37.0 Å². The van der Waals surface area contributed by atoms with E-state index in [1.165, 1.54) is 34.7 Å². The molecular formula is C22H18FN3O3S2. The Morgan fingerprint density at radius 1 is 1.23 bits per heavy atom. The van der Waals surface area contributed by atoms with Gasteiger partial charge in [-0.25, -0.2) is 4.39 Å². The third kappa shape index (κ3) is 4.11. The summed E-state index contributed by atoms with van der Waals surface area (Å²) in [6, 6.07) is 10.5. The van der Waals surface area contributed by atoms with Crippen molar-refractivity contribution in [3.8, 4) is 11.6 Å². The first-order chi connectivity index (χ1) is 14.9. The van der Waals surface area contributed by atoms with Crippen LogP contribution in [-0.2, 0) is 4.79 Å². The molecule has 3 heterocycles. The van der Waals surface area contributed by atoms with Crippen LogP contribution in [0.3, 0.4) is 0 Å². The molecule has 158 valence electrons. The second-order valence-corrected chi connectivity index (χ2v) is 8.61. The van der Waals surface area contributed by atoms with Crippen LogP contribution in [0.5, 0.6) is 11.6 Å². The Bertz CT molecular complexity index is 1270. The van der Waals surface area contributed by atoms with Crippen molar-refractivity contribution in [2.75, 3.05) is 0 Å². The summed E-state index contributed by atoms with van der Waals surface area (Å²) in [6.07, 6.45) is 3.81. The average Bonchev–Trinajstić information content (AvgIpc) is 3.05. The Balaban J connectivity index is 1.84. The lowest BCUT2D eigenvalue weighted by Crippen LogP contribution is -2.36. The van der Waals surface area contributed by atoms with E-state index in [0.717, 1.165) is 18.2 Å². The summed E-state index contributed by atoms with van der Waals surface area (Å²) in [5.41, 5.74) is 0.100. The molecule has 1 atom stereocenters. The maximum absolute atomic E-state index is 13.3. The van der Waals surface area contributed by atoms with E-state index in [1.807, 2.05) is 13.8 Å². The second kappa shape index (κ2) is 8.60. The van der Waals surface area contributed by atoms with Gasteiger partial charge in [0.2, 0.25) is 5.88 Å². The van der Waals surface area contributed by atoms with Crippen molar-refractivity contribution in [1.82, 2.24) is 14.3 Å². The molecule has 0 N–H and O–H groups in total. The fraction of sp³-hybridized carbons (Fsp3) is 0.182. The van der Waals surface area contributed by atoms with Gasteiger partial charge in [-0.05, 0) is 55.8 Å². The summed E-state index contributed by atoms with van der Waals surface area (Å²) in [5.74, 6) is -0.325. The van der Waals surface area contributed by atoms with Gasteiger partial charge in [-0.15, -0.1) is 0 Å². The monoisotopic (exact) mass is 455 g/mol. The number of ether oxygens (including phenoxy) is 1. The third-order valence-electron chi connectivity index (χ3n) is 4.89. The molecule has 1 fully saturated rings. The van der Waals surface area contributed by atoms with E-state index >= 15 is 0 Å². The summed E-state index contributed by atoms with van der Waals surface area (Å²) in [5, 5.41) is 0. The molecule has 0 saturated carbocycles. The van der Waals surface area contributed by atoms with Gasteiger partial charge in [0.1, 0.15) is 27.1 Å². The standard InChI is InChI=1S/C22H18FN3O3S2/c1-3-13(2)26-21(28)17(31-22(26)30)12-16-19(29-15-9-7-14(23)8-10-15)24-18-6-4-5-11-25(18)20(16)27/h4-13H,3H2,1-2H3/b17-12-. The zero-order valence-corrected chi connectivity index (χ0v) is 18.4. The molecule has 1 saturated heterocycles. The lowest BCUT2D eigenvalue weighted by molar-refractivity contribution is -0.123. The van der Waals surface area contributed by atoms with Crippen molar-refractivity contribution in [2.24, 2.45) is 0 Å². The number of nitrogens with zero attached hydrogens (tertiary/aromatic N) is 3. The summed E-state index contributed by atoms with van der Waals surface area (Å²) in [4.78, 5) is 32.5. The highest BCUT2D eigenvalue weighted by molar-refractivity contribution is 8.26. The van der Waals surface area contributed by atoms with Crippen LogP contribution in [0.1, 0.15) is 25.8 Å². The zero-order valence-electron chi connectivity index (χ0n) is 16.7. The molecule has 1 aromatic carbocycles. The van der Waals surface area contributed by atoms with Crippen molar-refractivity contribution in [3.63, 3.8) is 0 Å². The summed E-state index contributed by atoms with van der Waals surface area (Å²) in [7, 11) is 0. The number of carbonyl (C=O) groups excluding carboxylic acids is 1. The zero-order chi connectivity index (χ0) is 22.1. The minimum atomic E-state index is -0.409. The third-order valence-corrected chi connectivity index (χ3v) is 6.22. The molecule has 1 unspecified atom stereocenters. The molecule has 9 heteroatoms. The quantitative estimate of drug-likeness (QED) is 0.413. The Morgan fingerprint density at radius 2 is 1.97 bits per heavy atom. The Labute approximate surface area is 187 Å². The van der Waals surface area contributed by atoms with Gasteiger partial charge in [-0.3, -0.25) is 18.9 Å². The number of thioether (sulfide) groups is 1. The van der Waals surface area contributed by atoms with E-state index in [-0.39, 0.29) is 23.4 Å². The molecule has 3 aromatic rings. The number of hydrogen-bond donors (Lipinski definition) is 0. The maximum Gasteiger partial charge on any atom is 0.269 e. The van der Waals surface area contributed by atoms with Gasteiger partial charge in [0.05, 0.1) is 4.91 Å². The van der Waals surface area contributed by atoms with E-state index in [2.05, 4.69) is 4.98 Å². The Hall–Kier alpha value is -3.04. The minimum absolute atomic E-state index is 0.0246. The SMILES string of the molecule is CCC(C)N1C(=O)/C(=C/c2c(Oc3ccc(F)cc3)nc3ccccn3c2=O)SC1=S. The molecule has 6 nitrogen and oxygen atoms in total. The van der Waals surface area contributed by atoms with Crippen LogP contribution in [0.15, 0.2) is 58.4 Å². The Morgan fingerprint density at radius 3 is 2.68 bits per heavy atom. The highest BCUT2D eigenvalue weighted by atomic mass is 32.2. The summed E-state index contributed by atoms with van der Waals surface area (Å²) >= 11 is 6.51. The number of carbonyl (C=O) groups is 1. The summed E-state index contributed by atoms with van der Waals surface area (Å²) < 4.78 is 20.9. The lowest BCUT2D eigenvalue weighted by Gasteiger charge is -2.21. The van der Waals surface area contributed by atoms with Gasteiger partial charge >= 0.3 is 0 Å². The first-order valence-corrected chi connectivity index (χ1v) is 10.8. The first kappa shape index (κ1) is 21.2. The number of rotatable bonds is 5. The average molecular weight is 456 g/mol. The van der Waals surface area contributed by atoms with E-state index in [0.29, 0.717) is 20.6 Å². The predicted octanol–water partition coefficient (Wildman–Crippen LogP) is 4.63. The van der Waals surface area contributed by atoms with E-state index in [4.69, 9.17) is 17.0 Å². The maximum atomic E-state index is 13.3. The van der Waals surface area contributed by atoms with Gasteiger partial charge in [-0.2, -0.15) is 4.98 Å². The molecule has 1 aliphatic heterocycles. The number of thiocarbonyl (C=S) groups is 1. The van der Waals surface area contributed by atoms with Gasteiger partial charge < -0.3 is 4.74 Å². The minimum Gasteiger partial charge on any atom is -0.438 e. The highest BCUT2D eigenvalue weighted by Crippen LogP contribution is 2.35. The molecule has 0 bridgehead atoms. The largest absolute Gasteiger partial charge is 0.438 e. The number of amides is 1. The normalized spacial score (nSPS) is 16.4. The van der Waals surface area contributed by atoms with Crippen LogP contribution < -0.4 is 10.3 Å². The number of pyridine rings is 1. The van der Waals surface area contributed by atoms with Crippen molar-refractivity contribution in [2.45, 2.75) is 26.3 Å². The second-order valence-electron chi connectivity index (χ2n) is 6.93. The van der Waals surface area contributed by atoms with Crippen LogP contribution in [0.25, 0.3) is 11.7 Å². The number of fused-ring (bicyclic) bond motifs is 1. The smallest absolute Gasteiger partial charge is 0.269 e. The molecule has 0 radical (unpaired) electrons. The van der Waals surface area contributed by atoms with Gasteiger partial charge in [0.15, 0.2) is 0 Å². The molecule has 0 spiro atoms. The van der Waals surface area contributed by atoms with Crippen molar-refractivity contribution < 1.29 is 13.9 Å². The van der Waals surface area contributed by atoms with E-state index in [9.17, 15) is 14.0 Å². The molecule has 0 aliphatic carbocycles. The van der Waals surface area contributed by atoms with Crippen molar-refractivity contribution >= 4 is 45.9 Å². The first-order valence-electron chi connectivity index (χ1n) is 9.61. The van der Waals surface area contributed by atoms with Crippen LogP contribution in [0, 0.1) is 5.82 Å². The number of hydrogen-bond acceptors (Lipinski definition) is 6. The molecule has 1 amide bonds. The van der Waals surface area contributed by atoms with Crippen LogP contribution >= 0.6 is 24.0 Å². The van der Waals surface area contributed by atoms with Crippen LogP contribution in [0.4, 0.5) is 4.39 Å². The van der Waals surface area contributed by atoms with Crippen molar-refractivity contribution in [3.05, 3.63) is 75.3 Å². The van der Waals surface area contributed by atoms with E-state index < -0.39 is 11.4 Å². The molecule has 2 aromatic heterocycles. The topological polar surface area (TPSA) is 63.9 Å². The number of halogens is 1.